The van der Waals surface area contributed by atoms with Crippen LogP contribution < -0.4 is 15.8 Å². The van der Waals surface area contributed by atoms with Crippen LogP contribution in [0.25, 0.3) is 0 Å². The first kappa shape index (κ1) is 28.1. The molecule has 1 aromatic rings. The van der Waals surface area contributed by atoms with E-state index in [9.17, 15) is 27.2 Å². The zero-order valence-electron chi connectivity index (χ0n) is 22.1. The summed E-state index contributed by atoms with van der Waals surface area (Å²) in [5.74, 6) is -2.82. The Morgan fingerprint density at radius 3 is 2.61 bits per heavy atom. The number of nitrogens with two attached hydrogens (primary N) is 1. The maximum Gasteiger partial charge on any atom is 0.419 e. The van der Waals surface area contributed by atoms with Crippen LogP contribution in [0.2, 0.25) is 0 Å². The predicted octanol–water partition coefficient (Wildman–Crippen LogP) is 3.93. The number of alkyl halides is 3. The quantitative estimate of drug-likeness (QED) is 0.508. The number of hydrogen-bond acceptors (Lipinski definition) is 6. The van der Waals surface area contributed by atoms with Gasteiger partial charge in [0.15, 0.2) is 5.96 Å². The van der Waals surface area contributed by atoms with Crippen molar-refractivity contribution in [1.82, 2.24) is 10.2 Å². The highest BCUT2D eigenvalue weighted by molar-refractivity contribution is 5.99. The number of guanidine groups is 1. The van der Waals surface area contributed by atoms with E-state index in [0.717, 1.165) is 6.07 Å². The molecule has 210 valence electrons. The second-order valence-corrected chi connectivity index (χ2v) is 11.5. The zero-order valence-corrected chi connectivity index (χ0v) is 22.1. The molecule has 1 aliphatic carbocycles. The molecule has 0 aromatic heterocycles. The normalized spacial score (nSPS) is 26.7. The van der Waals surface area contributed by atoms with Gasteiger partial charge in [-0.1, -0.05) is 0 Å². The Balaban J connectivity index is 1.57. The number of nitrogens with zero attached hydrogens (tertiary/aromatic N) is 2. The van der Waals surface area contributed by atoms with Gasteiger partial charge in [0.05, 0.1) is 29.1 Å². The molecule has 0 saturated heterocycles. The molecule has 4 atom stereocenters. The average molecular weight is 543 g/mol. The molecule has 0 spiro atoms. The summed E-state index contributed by atoms with van der Waals surface area (Å²) in [6.45, 7) is 7.12. The largest absolute Gasteiger partial charge is 0.487 e. The number of rotatable bonds is 7. The van der Waals surface area contributed by atoms with Crippen LogP contribution in [0.15, 0.2) is 17.1 Å². The zero-order chi connectivity index (χ0) is 28.2. The molecule has 1 saturated carbocycles. The predicted molar refractivity (Wildman–Crippen MR) is 131 cm³/mol. The van der Waals surface area contributed by atoms with E-state index in [0.29, 0.717) is 25.5 Å². The number of benzene rings is 1. The number of halogens is 4. The van der Waals surface area contributed by atoms with E-state index in [2.05, 4.69) is 10.3 Å². The van der Waals surface area contributed by atoms with Gasteiger partial charge in [0, 0.05) is 32.1 Å². The molecule has 38 heavy (non-hydrogen) atoms. The third kappa shape index (κ3) is 5.60. The molecule has 1 aromatic carbocycles. The van der Waals surface area contributed by atoms with Gasteiger partial charge in [-0.05, 0) is 58.6 Å². The standard InChI is InChI=1S/C26H34F4N4O4/c1-24(2)12-19(35)34(23(31)33-24)18(8-9-37-5)13-10-14(13)22(36)32-17-11-25(3,4)38-21-15(26(28,29)30)6-7-16(27)20(17)21/h6-7,13-14,17-18H,8-12H2,1-5H3,(H2,31,33)(H,32,36)/t13-,14-,17+,18+/m0/s1. The highest BCUT2D eigenvalue weighted by Gasteiger charge is 2.53. The molecule has 4 rings (SSSR count). The second-order valence-electron chi connectivity index (χ2n) is 11.5. The fourth-order valence-electron chi connectivity index (χ4n) is 5.60. The van der Waals surface area contributed by atoms with E-state index in [1.54, 1.807) is 13.8 Å². The van der Waals surface area contributed by atoms with E-state index in [1.165, 1.54) is 12.0 Å². The third-order valence-electron chi connectivity index (χ3n) is 7.32. The molecule has 0 bridgehead atoms. The van der Waals surface area contributed by atoms with Crippen LogP contribution in [0.3, 0.4) is 0 Å². The summed E-state index contributed by atoms with van der Waals surface area (Å²) in [6.07, 6.45) is -3.66. The van der Waals surface area contributed by atoms with Gasteiger partial charge >= 0.3 is 6.18 Å². The van der Waals surface area contributed by atoms with Gasteiger partial charge in [-0.15, -0.1) is 0 Å². The molecule has 3 aliphatic rings. The van der Waals surface area contributed by atoms with Crippen LogP contribution in [0.1, 0.15) is 70.5 Å². The number of hydrogen-bond donors (Lipinski definition) is 2. The minimum absolute atomic E-state index is 0.0771. The summed E-state index contributed by atoms with van der Waals surface area (Å²) in [5.41, 5.74) is 3.05. The lowest BCUT2D eigenvalue weighted by Gasteiger charge is -2.39. The Morgan fingerprint density at radius 1 is 1.32 bits per heavy atom. The molecule has 0 unspecified atom stereocenters. The van der Waals surface area contributed by atoms with Crippen molar-refractivity contribution in [3.8, 4) is 5.75 Å². The van der Waals surface area contributed by atoms with E-state index in [4.69, 9.17) is 15.2 Å². The van der Waals surface area contributed by atoms with Crippen molar-refractivity contribution in [2.45, 2.75) is 82.8 Å². The maximum atomic E-state index is 14.9. The number of methoxy groups -OCH3 is 1. The Labute approximate surface area is 218 Å². The number of carbonyl (C=O) groups excluding carboxylic acids is 2. The van der Waals surface area contributed by atoms with Crippen LogP contribution in [-0.2, 0) is 20.5 Å². The third-order valence-corrected chi connectivity index (χ3v) is 7.32. The number of amides is 2. The lowest BCUT2D eigenvalue weighted by molar-refractivity contribution is -0.140. The van der Waals surface area contributed by atoms with Crippen LogP contribution in [0.5, 0.6) is 5.75 Å². The molecule has 3 N–H and O–H groups in total. The Bertz CT molecular complexity index is 1150. The molecular weight excluding hydrogens is 508 g/mol. The van der Waals surface area contributed by atoms with Crippen LogP contribution in [0.4, 0.5) is 17.6 Å². The van der Waals surface area contributed by atoms with Gasteiger partial charge in [-0.3, -0.25) is 14.5 Å². The summed E-state index contributed by atoms with van der Waals surface area (Å²) in [5, 5.41) is 2.77. The fraction of sp³-hybridized carbons (Fsp3) is 0.654. The number of ether oxygens (including phenoxy) is 2. The maximum absolute atomic E-state index is 14.9. The van der Waals surface area contributed by atoms with Crippen molar-refractivity contribution in [3.05, 3.63) is 29.1 Å². The van der Waals surface area contributed by atoms with E-state index >= 15 is 0 Å². The van der Waals surface area contributed by atoms with Crippen molar-refractivity contribution in [2.24, 2.45) is 22.6 Å². The van der Waals surface area contributed by atoms with E-state index in [-0.39, 0.29) is 36.2 Å². The van der Waals surface area contributed by atoms with Crippen LogP contribution in [0, 0.1) is 17.7 Å². The Kier molecular flexibility index (Phi) is 7.17. The summed E-state index contributed by atoms with van der Waals surface area (Å²) >= 11 is 0. The molecule has 2 aliphatic heterocycles. The summed E-state index contributed by atoms with van der Waals surface area (Å²) in [6, 6.07) is -0.0695. The second kappa shape index (κ2) is 9.69. The minimum atomic E-state index is -4.76. The minimum Gasteiger partial charge on any atom is -0.487 e. The lowest BCUT2D eigenvalue weighted by atomic mass is 9.87. The number of aliphatic imine (C=N–C) groups is 1. The highest BCUT2D eigenvalue weighted by atomic mass is 19.4. The first-order valence-electron chi connectivity index (χ1n) is 12.6. The highest BCUT2D eigenvalue weighted by Crippen LogP contribution is 2.49. The van der Waals surface area contributed by atoms with Crippen LogP contribution >= 0.6 is 0 Å². The van der Waals surface area contributed by atoms with Crippen molar-refractivity contribution in [2.75, 3.05) is 13.7 Å². The molecule has 2 heterocycles. The summed E-state index contributed by atoms with van der Waals surface area (Å²) in [4.78, 5) is 32.2. The molecule has 2 amide bonds. The monoisotopic (exact) mass is 542 g/mol. The molecule has 0 radical (unpaired) electrons. The SMILES string of the molecule is COCC[C@H]([C@H]1C[C@@H]1C(=O)N[C@@H]1CC(C)(C)Oc2c(C(F)(F)F)ccc(F)c21)N1C(=O)CC(C)(C)N=C1N. The summed E-state index contributed by atoms with van der Waals surface area (Å²) < 4.78 is 66.6. The van der Waals surface area contributed by atoms with E-state index in [1.807, 2.05) is 13.8 Å². The van der Waals surface area contributed by atoms with Crippen molar-refractivity contribution in [1.29, 1.82) is 0 Å². The lowest BCUT2D eigenvalue weighted by Crippen LogP contribution is -2.55. The van der Waals surface area contributed by atoms with Gasteiger partial charge in [0.1, 0.15) is 17.2 Å². The molecule has 8 nitrogen and oxygen atoms in total. The van der Waals surface area contributed by atoms with Gasteiger partial charge in [0.25, 0.3) is 0 Å². The number of nitrogens with one attached hydrogen (secondary N) is 1. The Morgan fingerprint density at radius 2 is 2.00 bits per heavy atom. The topological polar surface area (TPSA) is 106 Å². The van der Waals surface area contributed by atoms with Gasteiger partial charge in [0.2, 0.25) is 11.8 Å². The van der Waals surface area contributed by atoms with Crippen molar-refractivity contribution in [3.63, 3.8) is 0 Å². The van der Waals surface area contributed by atoms with Crippen molar-refractivity contribution < 1.29 is 36.6 Å². The van der Waals surface area contributed by atoms with Crippen molar-refractivity contribution >= 4 is 17.8 Å². The van der Waals surface area contributed by atoms with Gasteiger partial charge in [-0.25, -0.2) is 9.38 Å². The van der Waals surface area contributed by atoms with Gasteiger partial charge < -0.3 is 20.5 Å². The smallest absolute Gasteiger partial charge is 0.419 e. The Hall–Kier alpha value is -2.89. The fourth-order valence-corrected chi connectivity index (χ4v) is 5.60. The first-order chi connectivity index (χ1) is 17.5. The van der Waals surface area contributed by atoms with Gasteiger partial charge in [-0.2, -0.15) is 13.2 Å². The number of fused-ring (bicyclic) bond motifs is 1. The molecular formula is C26H34F4N4O4. The molecule has 1 fully saturated rings. The number of carbonyl (C=O) groups is 2. The molecule has 12 heteroatoms. The average Bonchev–Trinajstić information content (AvgIpc) is 3.53. The van der Waals surface area contributed by atoms with Crippen LogP contribution in [-0.4, -0.2) is 53.6 Å². The summed E-state index contributed by atoms with van der Waals surface area (Å²) in [7, 11) is 1.53. The first-order valence-corrected chi connectivity index (χ1v) is 12.6. The van der Waals surface area contributed by atoms with E-state index < -0.39 is 58.4 Å².